The van der Waals surface area contributed by atoms with Gasteiger partial charge < -0.3 is 15.1 Å². The van der Waals surface area contributed by atoms with E-state index in [4.69, 9.17) is 4.42 Å². The van der Waals surface area contributed by atoms with Crippen molar-refractivity contribution in [2.45, 2.75) is 25.9 Å². The Bertz CT molecular complexity index is 524. The molecule has 2 rings (SSSR count). The van der Waals surface area contributed by atoms with Crippen molar-refractivity contribution in [2.24, 2.45) is 0 Å². The number of urea groups is 1. The Morgan fingerprint density at radius 1 is 1.58 bits per heavy atom. The fourth-order valence-corrected chi connectivity index (χ4v) is 2.89. The zero-order valence-electron chi connectivity index (χ0n) is 10.5. The smallest absolute Gasteiger partial charge is 0.315 e. The Morgan fingerprint density at radius 2 is 2.42 bits per heavy atom. The fraction of sp³-hybridized carbons (Fsp3) is 0.308. The first-order chi connectivity index (χ1) is 9.13. The predicted molar refractivity (Wildman–Crippen MR) is 79.3 cm³/mol. The molecule has 0 unspecified atom stereocenters. The summed E-state index contributed by atoms with van der Waals surface area (Å²) in [7, 11) is 0. The number of halogens is 1. The first-order valence-corrected chi connectivity index (χ1v) is 7.60. The largest absolute Gasteiger partial charge is 0.469 e. The number of hydrogen-bond acceptors (Lipinski definition) is 3. The highest BCUT2D eigenvalue weighted by Crippen LogP contribution is 2.20. The molecule has 1 atom stereocenters. The summed E-state index contributed by atoms with van der Waals surface area (Å²) in [6.45, 7) is 2.48. The lowest BCUT2D eigenvalue weighted by molar-refractivity contribution is 0.237. The molecule has 102 valence electrons. The van der Waals surface area contributed by atoms with Gasteiger partial charge in [-0.2, -0.15) is 0 Å². The number of carbonyl (C=O) groups excluding carboxylic acids is 1. The average Bonchev–Trinajstić information content (AvgIpc) is 2.98. The lowest BCUT2D eigenvalue weighted by atomic mass is 10.2. The molecule has 0 saturated carbocycles. The van der Waals surface area contributed by atoms with E-state index in [0.29, 0.717) is 13.0 Å². The van der Waals surface area contributed by atoms with Crippen molar-refractivity contribution in [3.8, 4) is 0 Å². The van der Waals surface area contributed by atoms with Crippen LogP contribution in [0.25, 0.3) is 0 Å². The zero-order valence-corrected chi connectivity index (χ0v) is 12.9. The van der Waals surface area contributed by atoms with Gasteiger partial charge in [0.15, 0.2) is 0 Å². The molecule has 0 radical (unpaired) electrons. The van der Waals surface area contributed by atoms with Gasteiger partial charge in [0.25, 0.3) is 0 Å². The molecule has 0 saturated heterocycles. The number of thiophene rings is 1. The zero-order chi connectivity index (χ0) is 13.7. The van der Waals surface area contributed by atoms with Crippen LogP contribution in [0.15, 0.2) is 38.0 Å². The molecule has 2 amide bonds. The molecular formula is C13H15BrN2O2S. The van der Waals surface area contributed by atoms with Crippen LogP contribution < -0.4 is 10.6 Å². The molecule has 0 bridgehead atoms. The van der Waals surface area contributed by atoms with E-state index in [0.717, 1.165) is 15.1 Å². The van der Waals surface area contributed by atoms with Crippen molar-refractivity contribution in [2.75, 3.05) is 0 Å². The van der Waals surface area contributed by atoms with Crippen molar-refractivity contribution >= 4 is 33.3 Å². The summed E-state index contributed by atoms with van der Waals surface area (Å²) >= 11 is 5.00. The van der Waals surface area contributed by atoms with Crippen LogP contribution in [0.5, 0.6) is 0 Å². The molecule has 19 heavy (non-hydrogen) atoms. The van der Waals surface area contributed by atoms with Gasteiger partial charge in [0.2, 0.25) is 0 Å². The van der Waals surface area contributed by atoms with E-state index in [1.807, 2.05) is 30.5 Å². The highest BCUT2D eigenvalue weighted by Gasteiger charge is 2.09. The summed E-state index contributed by atoms with van der Waals surface area (Å²) in [5.41, 5.74) is 1.09. The van der Waals surface area contributed by atoms with Gasteiger partial charge in [-0.3, -0.25) is 0 Å². The Morgan fingerprint density at radius 3 is 3.05 bits per heavy atom. The first-order valence-electron chi connectivity index (χ1n) is 5.93. The maximum absolute atomic E-state index is 11.7. The minimum atomic E-state index is -0.165. The number of carbonyl (C=O) groups is 1. The summed E-state index contributed by atoms with van der Waals surface area (Å²) in [5, 5.41) is 7.72. The van der Waals surface area contributed by atoms with Gasteiger partial charge in [0.05, 0.1) is 10.0 Å². The van der Waals surface area contributed by atoms with Crippen LogP contribution in [-0.4, -0.2) is 12.1 Å². The summed E-state index contributed by atoms with van der Waals surface area (Å²) < 4.78 is 6.31. The number of amides is 2. The van der Waals surface area contributed by atoms with E-state index >= 15 is 0 Å². The van der Waals surface area contributed by atoms with E-state index in [1.54, 1.807) is 17.6 Å². The molecule has 0 fully saturated rings. The lowest BCUT2D eigenvalue weighted by Gasteiger charge is -2.13. The predicted octanol–water partition coefficient (Wildman–Crippen LogP) is 3.53. The average molecular weight is 343 g/mol. The fourth-order valence-electron chi connectivity index (χ4n) is 1.68. The van der Waals surface area contributed by atoms with Crippen molar-refractivity contribution in [3.63, 3.8) is 0 Å². The van der Waals surface area contributed by atoms with Crippen molar-refractivity contribution < 1.29 is 9.21 Å². The van der Waals surface area contributed by atoms with E-state index < -0.39 is 0 Å². The topological polar surface area (TPSA) is 54.3 Å². The highest BCUT2D eigenvalue weighted by molar-refractivity contribution is 9.11. The third-order valence-electron chi connectivity index (χ3n) is 2.54. The van der Waals surface area contributed by atoms with E-state index in [1.165, 1.54) is 0 Å². The van der Waals surface area contributed by atoms with Crippen LogP contribution in [0, 0.1) is 0 Å². The summed E-state index contributed by atoms with van der Waals surface area (Å²) in [5.74, 6) is 0.870. The molecule has 2 aromatic rings. The molecule has 2 N–H and O–H groups in total. The molecule has 4 nitrogen and oxygen atoms in total. The number of furan rings is 1. The van der Waals surface area contributed by atoms with Crippen LogP contribution in [0.3, 0.4) is 0 Å². The molecular weight excluding hydrogens is 328 g/mol. The Hall–Kier alpha value is -1.27. The third-order valence-corrected chi connectivity index (χ3v) is 4.09. The van der Waals surface area contributed by atoms with Crippen LogP contribution in [0.4, 0.5) is 4.79 Å². The lowest BCUT2D eigenvalue weighted by Crippen LogP contribution is -2.41. The second-order valence-corrected chi connectivity index (χ2v) is 6.56. The molecule has 2 heterocycles. The standard InChI is InChI=1S/C13H15BrN2O2S/c1-9(5-11-3-2-4-18-11)16-13(17)15-7-10-6-12(14)19-8-10/h2-4,6,8-9H,5,7H2,1H3,(H2,15,16,17)/t9-/m1/s1. The van der Waals surface area contributed by atoms with Crippen LogP contribution in [0.2, 0.25) is 0 Å². The second-order valence-electron chi connectivity index (χ2n) is 4.27. The minimum Gasteiger partial charge on any atom is -0.469 e. The number of hydrogen-bond donors (Lipinski definition) is 2. The van der Waals surface area contributed by atoms with Gasteiger partial charge in [-0.1, -0.05) is 0 Å². The Kier molecular flexibility index (Phi) is 5.04. The highest BCUT2D eigenvalue weighted by atomic mass is 79.9. The second kappa shape index (κ2) is 6.77. The summed E-state index contributed by atoms with van der Waals surface area (Å²) in [4.78, 5) is 11.7. The van der Waals surface area contributed by atoms with Crippen molar-refractivity contribution in [1.29, 1.82) is 0 Å². The summed E-state index contributed by atoms with van der Waals surface area (Å²) in [6.07, 6.45) is 2.32. The molecule has 0 spiro atoms. The monoisotopic (exact) mass is 342 g/mol. The van der Waals surface area contributed by atoms with Gasteiger partial charge in [0.1, 0.15) is 5.76 Å². The van der Waals surface area contributed by atoms with Crippen LogP contribution in [-0.2, 0) is 13.0 Å². The van der Waals surface area contributed by atoms with E-state index in [2.05, 4.69) is 26.6 Å². The van der Waals surface area contributed by atoms with Gasteiger partial charge in [0, 0.05) is 19.0 Å². The van der Waals surface area contributed by atoms with Crippen molar-refractivity contribution in [3.05, 3.63) is 45.0 Å². The van der Waals surface area contributed by atoms with Crippen LogP contribution >= 0.6 is 27.3 Å². The molecule has 0 aromatic carbocycles. The molecule has 0 aliphatic heterocycles. The number of nitrogens with one attached hydrogen (secondary N) is 2. The summed E-state index contributed by atoms with van der Waals surface area (Å²) in [6, 6.07) is 5.61. The van der Waals surface area contributed by atoms with Gasteiger partial charge in [-0.15, -0.1) is 11.3 Å². The Labute approximate surface area is 124 Å². The third kappa shape index (κ3) is 4.72. The normalized spacial score (nSPS) is 12.1. The van der Waals surface area contributed by atoms with Crippen LogP contribution in [0.1, 0.15) is 18.2 Å². The van der Waals surface area contributed by atoms with Gasteiger partial charge in [-0.05, 0) is 52.0 Å². The molecule has 0 aliphatic rings. The molecule has 0 aliphatic carbocycles. The maximum atomic E-state index is 11.7. The van der Waals surface area contributed by atoms with Gasteiger partial charge >= 0.3 is 6.03 Å². The first kappa shape index (κ1) is 14.1. The maximum Gasteiger partial charge on any atom is 0.315 e. The molecule has 6 heteroatoms. The molecule has 2 aromatic heterocycles. The SMILES string of the molecule is C[C@H](Cc1ccco1)NC(=O)NCc1csc(Br)c1. The van der Waals surface area contributed by atoms with Crippen molar-refractivity contribution in [1.82, 2.24) is 10.6 Å². The Balaban J connectivity index is 1.71. The minimum absolute atomic E-state index is 0.0281. The van der Waals surface area contributed by atoms with E-state index in [9.17, 15) is 4.79 Å². The number of rotatable bonds is 5. The quantitative estimate of drug-likeness (QED) is 0.873. The van der Waals surface area contributed by atoms with E-state index in [-0.39, 0.29) is 12.1 Å². The van der Waals surface area contributed by atoms with Gasteiger partial charge in [-0.25, -0.2) is 4.79 Å².